The maximum Gasteiger partial charge on any atom is 0.209 e. The number of ketones is 2. The fourth-order valence-electron chi connectivity index (χ4n) is 1.43. The van der Waals surface area contributed by atoms with Crippen molar-refractivity contribution in [1.82, 2.24) is 0 Å². The molecule has 0 saturated heterocycles. The Bertz CT molecular complexity index is 518. The van der Waals surface area contributed by atoms with Crippen molar-refractivity contribution < 1.29 is 9.59 Å². The third kappa shape index (κ3) is 3.38. The first-order chi connectivity index (χ1) is 8.45. The molecule has 0 radical (unpaired) electrons. The summed E-state index contributed by atoms with van der Waals surface area (Å²) in [6.07, 6.45) is 1.09. The second-order valence-electron chi connectivity index (χ2n) is 3.94. The van der Waals surface area contributed by atoms with Gasteiger partial charge in [0.15, 0.2) is 11.5 Å². The molecule has 18 heavy (non-hydrogen) atoms. The zero-order valence-electron chi connectivity index (χ0n) is 10.8. The average Bonchev–Trinajstić information content (AvgIpc) is 2.34. The molecule has 1 rings (SSSR count). The molecule has 0 aliphatic rings. The Morgan fingerprint density at radius 3 is 2.56 bits per heavy atom. The molecule has 0 heterocycles. The van der Waals surface area contributed by atoms with E-state index in [4.69, 9.17) is 0 Å². The van der Waals surface area contributed by atoms with E-state index in [0.717, 1.165) is 17.3 Å². The predicted molar refractivity (Wildman–Crippen MR) is 72.9 cm³/mol. The summed E-state index contributed by atoms with van der Waals surface area (Å²) >= 11 is 0. The molecular formula is C14H16N2O2. The summed E-state index contributed by atoms with van der Waals surface area (Å²) < 4.78 is 0. The molecule has 0 bridgehead atoms. The lowest BCUT2D eigenvalue weighted by Crippen LogP contribution is -2.24. The van der Waals surface area contributed by atoms with E-state index in [0.29, 0.717) is 0 Å². The number of carbonyl (C=O) groups excluding carboxylic acids is 2. The van der Waals surface area contributed by atoms with Crippen molar-refractivity contribution in [3.63, 3.8) is 0 Å². The number of aryl methyl sites for hydroxylation is 1. The number of carbonyl (C=O) groups is 2. The lowest BCUT2D eigenvalue weighted by molar-refractivity contribution is -0.113. The van der Waals surface area contributed by atoms with Crippen LogP contribution in [0.4, 0.5) is 5.69 Å². The first kappa shape index (κ1) is 13.8. The molecule has 1 aromatic rings. The number of allylic oxidation sites excluding steroid dienone is 1. The van der Waals surface area contributed by atoms with Crippen molar-refractivity contribution in [2.75, 3.05) is 12.1 Å². The molecule has 0 amide bonds. The van der Waals surface area contributed by atoms with Gasteiger partial charge in [-0.05, 0) is 30.7 Å². The van der Waals surface area contributed by atoms with Gasteiger partial charge in [0.05, 0.1) is 5.69 Å². The van der Waals surface area contributed by atoms with Crippen molar-refractivity contribution in [2.45, 2.75) is 13.8 Å². The highest BCUT2D eigenvalue weighted by Crippen LogP contribution is 2.14. The van der Waals surface area contributed by atoms with Crippen LogP contribution < -0.4 is 5.01 Å². The number of hydrogen-bond donors (Lipinski definition) is 0. The molecule has 0 saturated carbocycles. The lowest BCUT2D eigenvalue weighted by Gasteiger charge is -2.14. The molecule has 0 spiro atoms. The zero-order chi connectivity index (χ0) is 13.7. The van der Waals surface area contributed by atoms with E-state index in [1.807, 2.05) is 31.2 Å². The molecule has 0 N–H and O–H groups in total. The molecule has 0 fully saturated rings. The largest absolute Gasteiger partial charge is 0.293 e. The van der Waals surface area contributed by atoms with Gasteiger partial charge in [-0.25, -0.2) is 0 Å². The van der Waals surface area contributed by atoms with Crippen LogP contribution in [0.2, 0.25) is 0 Å². The molecule has 0 aliphatic heterocycles. The molecule has 4 nitrogen and oxygen atoms in total. The molecule has 0 unspecified atom stereocenters. The van der Waals surface area contributed by atoms with Crippen LogP contribution in [-0.4, -0.2) is 24.3 Å². The highest BCUT2D eigenvalue weighted by Gasteiger charge is 2.14. The van der Waals surface area contributed by atoms with E-state index in [2.05, 4.69) is 11.7 Å². The number of benzene rings is 1. The number of Topliss-reactive ketones (excluding diaryl/α,β-unsaturated/α-hetero) is 1. The van der Waals surface area contributed by atoms with Crippen LogP contribution in [0.15, 0.2) is 42.0 Å². The Hall–Kier alpha value is -2.23. The van der Waals surface area contributed by atoms with Gasteiger partial charge >= 0.3 is 0 Å². The fraction of sp³-hybridized carbons (Fsp3) is 0.214. The number of anilines is 1. The number of rotatable bonds is 5. The Morgan fingerprint density at radius 2 is 2.06 bits per heavy atom. The van der Waals surface area contributed by atoms with Crippen LogP contribution in [0.25, 0.3) is 0 Å². The van der Waals surface area contributed by atoms with Gasteiger partial charge < -0.3 is 0 Å². The summed E-state index contributed by atoms with van der Waals surface area (Å²) in [5.74, 6) is -0.846. The Morgan fingerprint density at radius 1 is 1.39 bits per heavy atom. The smallest absolute Gasteiger partial charge is 0.209 e. The minimum atomic E-state index is -0.470. The van der Waals surface area contributed by atoms with Gasteiger partial charge in [0.1, 0.15) is 0 Å². The van der Waals surface area contributed by atoms with Gasteiger partial charge in [0.25, 0.3) is 0 Å². The van der Waals surface area contributed by atoms with Gasteiger partial charge in [-0.3, -0.25) is 14.6 Å². The van der Waals surface area contributed by atoms with Gasteiger partial charge in [0.2, 0.25) is 5.78 Å². The van der Waals surface area contributed by atoms with Crippen LogP contribution in [0.5, 0.6) is 0 Å². The predicted octanol–water partition coefficient (Wildman–Crippen LogP) is 2.13. The quantitative estimate of drug-likeness (QED) is 0.345. The molecule has 0 aliphatic carbocycles. The highest BCUT2D eigenvalue weighted by atomic mass is 16.1. The molecule has 1 aromatic carbocycles. The number of hydrogen-bond acceptors (Lipinski definition) is 4. The van der Waals surface area contributed by atoms with E-state index in [9.17, 15) is 9.59 Å². The van der Waals surface area contributed by atoms with E-state index in [1.54, 1.807) is 7.05 Å². The van der Waals surface area contributed by atoms with Gasteiger partial charge in [-0.2, -0.15) is 5.10 Å². The second kappa shape index (κ2) is 5.91. The Kier molecular flexibility index (Phi) is 4.54. The third-order valence-corrected chi connectivity index (χ3v) is 2.38. The van der Waals surface area contributed by atoms with E-state index >= 15 is 0 Å². The average molecular weight is 244 g/mol. The van der Waals surface area contributed by atoms with Crippen LogP contribution in [0, 0.1) is 6.92 Å². The van der Waals surface area contributed by atoms with Crippen LogP contribution in [-0.2, 0) is 9.59 Å². The summed E-state index contributed by atoms with van der Waals surface area (Å²) in [6, 6.07) is 7.62. The monoisotopic (exact) mass is 244 g/mol. The van der Waals surface area contributed by atoms with Crippen LogP contribution in [0.3, 0.4) is 0 Å². The molecule has 0 atom stereocenters. The first-order valence-electron chi connectivity index (χ1n) is 5.52. The summed E-state index contributed by atoms with van der Waals surface area (Å²) in [5, 5.41) is 5.54. The lowest BCUT2D eigenvalue weighted by atomic mass is 10.2. The normalized spacial score (nSPS) is 10.9. The maximum atomic E-state index is 11.5. The summed E-state index contributed by atoms with van der Waals surface area (Å²) in [6.45, 7) is 6.63. The summed E-state index contributed by atoms with van der Waals surface area (Å²) in [4.78, 5) is 22.8. The van der Waals surface area contributed by atoms with Gasteiger partial charge in [0, 0.05) is 14.0 Å². The van der Waals surface area contributed by atoms with E-state index in [-0.39, 0.29) is 11.5 Å². The van der Waals surface area contributed by atoms with Crippen molar-refractivity contribution in [2.24, 2.45) is 5.10 Å². The van der Waals surface area contributed by atoms with Crippen molar-refractivity contribution in [3.8, 4) is 0 Å². The van der Waals surface area contributed by atoms with Crippen molar-refractivity contribution >= 4 is 23.0 Å². The highest BCUT2D eigenvalue weighted by molar-refractivity contribution is 6.67. The third-order valence-electron chi connectivity index (χ3n) is 2.38. The van der Waals surface area contributed by atoms with Gasteiger partial charge in [-0.15, -0.1) is 0 Å². The minimum absolute atomic E-state index is 0.117. The van der Waals surface area contributed by atoms with Crippen molar-refractivity contribution in [1.29, 1.82) is 0 Å². The second-order valence-corrected chi connectivity index (χ2v) is 3.94. The number of hydrazone groups is 1. The summed E-state index contributed by atoms with van der Waals surface area (Å²) in [7, 11) is 1.69. The molecule has 94 valence electrons. The van der Waals surface area contributed by atoms with E-state index < -0.39 is 5.78 Å². The van der Waals surface area contributed by atoms with Crippen molar-refractivity contribution in [3.05, 3.63) is 42.5 Å². The molecule has 4 heteroatoms. The SMILES string of the molecule is C=CC(=O)/C(=N\N(C)c1cccc(C)c1)C(C)=O. The summed E-state index contributed by atoms with van der Waals surface area (Å²) in [5.41, 5.74) is 1.77. The van der Waals surface area contributed by atoms with Crippen LogP contribution >= 0.6 is 0 Å². The molecular weight excluding hydrogens is 228 g/mol. The first-order valence-corrected chi connectivity index (χ1v) is 5.52. The number of nitrogens with zero attached hydrogens (tertiary/aromatic N) is 2. The topological polar surface area (TPSA) is 49.7 Å². The standard InChI is InChI=1S/C14H16N2O2/c1-5-13(18)14(11(3)17)15-16(4)12-8-6-7-10(2)9-12/h5-9H,1H2,2-4H3/b15-14-. The zero-order valence-corrected chi connectivity index (χ0v) is 10.8. The fourth-order valence-corrected chi connectivity index (χ4v) is 1.43. The molecule has 0 aromatic heterocycles. The van der Waals surface area contributed by atoms with Crippen LogP contribution in [0.1, 0.15) is 12.5 Å². The van der Waals surface area contributed by atoms with Gasteiger partial charge in [-0.1, -0.05) is 18.7 Å². The minimum Gasteiger partial charge on any atom is -0.293 e. The Balaban J connectivity index is 3.09. The Labute approximate surface area is 107 Å². The maximum absolute atomic E-state index is 11.5. The van der Waals surface area contributed by atoms with E-state index in [1.165, 1.54) is 11.9 Å².